The van der Waals surface area contributed by atoms with Crippen LogP contribution >= 0.6 is 0 Å². The molecule has 3 nitrogen and oxygen atoms in total. The van der Waals surface area contributed by atoms with Crippen molar-refractivity contribution < 1.29 is 9.90 Å². The Morgan fingerprint density at radius 3 is 2.18 bits per heavy atom. The van der Waals surface area contributed by atoms with Crippen LogP contribution in [0.3, 0.4) is 0 Å². The van der Waals surface area contributed by atoms with Gasteiger partial charge in [-0.1, -0.05) is 30.3 Å². The number of hydrogen-bond donors (Lipinski definition) is 2. The minimum absolute atomic E-state index is 0.120. The van der Waals surface area contributed by atoms with Crippen LogP contribution in [0.2, 0.25) is 0 Å². The van der Waals surface area contributed by atoms with Gasteiger partial charge in [0, 0.05) is 12.0 Å². The van der Waals surface area contributed by atoms with E-state index in [1.54, 1.807) is 0 Å². The number of aliphatic hydroxyl groups is 1. The van der Waals surface area contributed by atoms with E-state index in [9.17, 15) is 9.90 Å². The van der Waals surface area contributed by atoms with Gasteiger partial charge in [0.1, 0.15) is 0 Å². The van der Waals surface area contributed by atoms with Crippen molar-refractivity contribution in [3.63, 3.8) is 0 Å². The fraction of sp³-hybridized carbons (Fsp3) is 0.632. The van der Waals surface area contributed by atoms with Crippen molar-refractivity contribution in [2.45, 2.75) is 44.6 Å². The molecule has 1 aromatic rings. The van der Waals surface area contributed by atoms with Crippen LogP contribution in [0.5, 0.6) is 0 Å². The minimum Gasteiger partial charge on any atom is -0.387 e. The molecule has 0 spiro atoms. The first kappa shape index (κ1) is 14.3. The van der Waals surface area contributed by atoms with Crippen LogP contribution < -0.4 is 5.32 Å². The van der Waals surface area contributed by atoms with Crippen molar-refractivity contribution in [3.8, 4) is 0 Å². The summed E-state index contributed by atoms with van der Waals surface area (Å²) in [4.78, 5) is 12.8. The topological polar surface area (TPSA) is 49.3 Å². The van der Waals surface area contributed by atoms with Gasteiger partial charge in [0.2, 0.25) is 5.91 Å². The zero-order chi connectivity index (χ0) is 15.2. The van der Waals surface area contributed by atoms with Crippen molar-refractivity contribution in [1.29, 1.82) is 0 Å². The van der Waals surface area contributed by atoms with E-state index in [2.05, 4.69) is 5.32 Å². The lowest BCUT2D eigenvalue weighted by molar-refractivity contribution is -0.146. The van der Waals surface area contributed by atoms with E-state index in [4.69, 9.17) is 0 Å². The molecule has 4 bridgehead atoms. The van der Waals surface area contributed by atoms with Gasteiger partial charge in [-0.05, 0) is 61.8 Å². The van der Waals surface area contributed by atoms with Gasteiger partial charge in [0.15, 0.2) is 0 Å². The predicted molar refractivity (Wildman–Crippen MR) is 85.0 cm³/mol. The molecule has 0 unspecified atom stereocenters. The van der Waals surface area contributed by atoms with Crippen molar-refractivity contribution in [3.05, 3.63) is 35.9 Å². The van der Waals surface area contributed by atoms with Crippen LogP contribution in [0, 0.1) is 23.2 Å². The Kier molecular flexibility index (Phi) is 3.48. The summed E-state index contributed by atoms with van der Waals surface area (Å²) in [6.07, 6.45) is 6.65. The van der Waals surface area contributed by atoms with Gasteiger partial charge in [-0.2, -0.15) is 0 Å². The number of rotatable bonds is 4. The number of amides is 1. The van der Waals surface area contributed by atoms with Gasteiger partial charge in [0.25, 0.3) is 0 Å². The first-order valence-electron chi connectivity index (χ1n) is 8.66. The molecule has 3 heteroatoms. The van der Waals surface area contributed by atoms with Gasteiger partial charge >= 0.3 is 0 Å². The Morgan fingerprint density at radius 1 is 1.09 bits per heavy atom. The van der Waals surface area contributed by atoms with Gasteiger partial charge in [0.05, 0.1) is 6.10 Å². The van der Waals surface area contributed by atoms with Crippen LogP contribution in [-0.4, -0.2) is 17.6 Å². The number of aliphatic hydroxyl groups excluding tert-OH is 1. The SMILES string of the molecule is O=C(NC[C@@H](O)c1ccccc1)C12CC3CC(CC(C3)C1)C2. The Hall–Kier alpha value is -1.35. The van der Waals surface area contributed by atoms with E-state index in [1.807, 2.05) is 30.3 Å². The fourth-order valence-corrected chi connectivity index (χ4v) is 5.56. The monoisotopic (exact) mass is 299 g/mol. The third-order valence-corrected chi connectivity index (χ3v) is 6.16. The quantitative estimate of drug-likeness (QED) is 0.897. The van der Waals surface area contributed by atoms with Crippen LogP contribution in [0.4, 0.5) is 0 Å². The second-order valence-corrected chi connectivity index (χ2v) is 7.83. The van der Waals surface area contributed by atoms with E-state index < -0.39 is 6.10 Å². The van der Waals surface area contributed by atoms with E-state index in [-0.39, 0.29) is 11.3 Å². The molecule has 1 aromatic carbocycles. The molecule has 0 aromatic heterocycles. The Bertz CT molecular complexity index is 519. The molecule has 0 heterocycles. The second-order valence-electron chi connectivity index (χ2n) is 7.83. The zero-order valence-electron chi connectivity index (χ0n) is 13.0. The molecule has 5 rings (SSSR count). The number of nitrogens with one attached hydrogen (secondary N) is 1. The summed E-state index contributed by atoms with van der Waals surface area (Å²) in [5.41, 5.74) is 0.749. The summed E-state index contributed by atoms with van der Waals surface area (Å²) < 4.78 is 0. The lowest BCUT2D eigenvalue weighted by atomic mass is 9.49. The first-order chi connectivity index (χ1) is 10.6. The zero-order valence-corrected chi connectivity index (χ0v) is 13.0. The summed E-state index contributed by atoms with van der Waals surface area (Å²) in [5.74, 6) is 2.52. The van der Waals surface area contributed by atoms with E-state index in [0.717, 1.165) is 42.6 Å². The number of hydrogen-bond acceptors (Lipinski definition) is 2. The van der Waals surface area contributed by atoms with Gasteiger partial charge in [-0.3, -0.25) is 4.79 Å². The molecule has 0 aliphatic heterocycles. The Labute approximate surface area is 132 Å². The normalized spacial score (nSPS) is 37.0. The smallest absolute Gasteiger partial charge is 0.226 e. The standard InChI is InChI=1S/C19H25NO2/c21-17(16-4-2-1-3-5-16)12-20-18(22)19-9-13-6-14(10-19)8-15(7-13)11-19/h1-5,13-15,17,21H,6-12H2,(H,20,22)/t13?,14?,15?,17-,19?/m1/s1. The maximum absolute atomic E-state index is 12.8. The largest absolute Gasteiger partial charge is 0.387 e. The highest BCUT2D eigenvalue weighted by molar-refractivity contribution is 5.83. The van der Waals surface area contributed by atoms with Gasteiger partial charge in [-0.15, -0.1) is 0 Å². The Morgan fingerprint density at radius 2 is 1.64 bits per heavy atom. The molecule has 1 atom stereocenters. The lowest BCUT2D eigenvalue weighted by Gasteiger charge is -2.55. The number of carbonyl (C=O) groups is 1. The summed E-state index contributed by atoms with van der Waals surface area (Å²) in [5, 5.41) is 13.3. The van der Waals surface area contributed by atoms with E-state index >= 15 is 0 Å². The third-order valence-electron chi connectivity index (χ3n) is 6.16. The molecular formula is C19H25NO2. The van der Waals surface area contributed by atoms with Crippen LogP contribution in [0.1, 0.15) is 50.2 Å². The van der Waals surface area contributed by atoms with E-state index in [0.29, 0.717) is 6.54 Å². The van der Waals surface area contributed by atoms with Crippen LogP contribution in [-0.2, 0) is 4.79 Å². The van der Waals surface area contributed by atoms with Crippen molar-refractivity contribution in [2.75, 3.05) is 6.54 Å². The fourth-order valence-electron chi connectivity index (χ4n) is 5.56. The second kappa shape index (κ2) is 5.38. The summed E-state index contributed by atoms with van der Waals surface area (Å²) >= 11 is 0. The highest BCUT2D eigenvalue weighted by Crippen LogP contribution is 2.60. The molecular weight excluding hydrogens is 274 g/mol. The molecule has 4 aliphatic carbocycles. The van der Waals surface area contributed by atoms with Crippen molar-refractivity contribution in [1.82, 2.24) is 5.32 Å². The van der Waals surface area contributed by atoms with Gasteiger partial charge in [-0.25, -0.2) is 0 Å². The maximum atomic E-state index is 12.8. The lowest BCUT2D eigenvalue weighted by Crippen LogP contribution is -2.54. The molecule has 118 valence electrons. The molecule has 1 amide bonds. The average molecular weight is 299 g/mol. The molecule has 0 saturated heterocycles. The van der Waals surface area contributed by atoms with Crippen molar-refractivity contribution >= 4 is 5.91 Å². The number of carbonyl (C=O) groups excluding carboxylic acids is 1. The molecule has 22 heavy (non-hydrogen) atoms. The van der Waals surface area contributed by atoms with Gasteiger partial charge < -0.3 is 10.4 Å². The highest BCUT2D eigenvalue weighted by Gasteiger charge is 2.54. The minimum atomic E-state index is -0.612. The van der Waals surface area contributed by atoms with Crippen LogP contribution in [0.15, 0.2) is 30.3 Å². The summed E-state index contributed by atoms with van der Waals surface area (Å²) in [7, 11) is 0. The highest BCUT2D eigenvalue weighted by atomic mass is 16.3. The number of benzene rings is 1. The summed E-state index contributed by atoms with van der Waals surface area (Å²) in [6.45, 7) is 0.324. The van der Waals surface area contributed by atoms with Crippen molar-refractivity contribution in [2.24, 2.45) is 23.2 Å². The maximum Gasteiger partial charge on any atom is 0.226 e. The predicted octanol–water partition coefficient (Wildman–Crippen LogP) is 3.05. The Balaban J connectivity index is 1.40. The molecule has 2 N–H and O–H groups in total. The molecule has 4 aliphatic rings. The molecule has 4 fully saturated rings. The first-order valence-corrected chi connectivity index (χ1v) is 8.66. The molecule has 4 saturated carbocycles. The molecule has 0 radical (unpaired) electrons. The third kappa shape index (κ3) is 2.45. The van der Waals surface area contributed by atoms with E-state index in [1.165, 1.54) is 19.3 Å². The average Bonchev–Trinajstić information content (AvgIpc) is 2.51. The summed E-state index contributed by atoms with van der Waals surface area (Å²) in [6, 6.07) is 9.58. The van der Waals surface area contributed by atoms with Crippen LogP contribution in [0.25, 0.3) is 0 Å².